The number of ether oxygens (including phenoxy) is 1. The molecule has 2 heterocycles. The number of hydrogen-bond acceptors (Lipinski definition) is 4. The van der Waals surface area contributed by atoms with Crippen LogP contribution in [0.2, 0.25) is 0 Å². The van der Waals surface area contributed by atoms with Crippen molar-refractivity contribution in [1.29, 1.82) is 0 Å². The fraction of sp³-hybridized carbons (Fsp3) is 0.571. The summed E-state index contributed by atoms with van der Waals surface area (Å²) in [5, 5.41) is 0. The van der Waals surface area contributed by atoms with E-state index in [1.165, 1.54) is 25.7 Å². The summed E-state index contributed by atoms with van der Waals surface area (Å²) in [5.41, 5.74) is 7.86. The smallest absolute Gasteiger partial charge is 0.215 e. The lowest BCUT2D eigenvalue weighted by molar-refractivity contribution is 0.337. The van der Waals surface area contributed by atoms with Crippen molar-refractivity contribution in [2.24, 2.45) is 11.8 Å². The lowest BCUT2D eigenvalue weighted by Gasteiger charge is -2.24. The Morgan fingerprint density at radius 2 is 2.16 bits per heavy atom. The SMILES string of the molecule is COc1ccc2nc(N)n(C3CC4CCC3C4)c2n1. The van der Waals surface area contributed by atoms with Gasteiger partial charge in [0.25, 0.3) is 0 Å². The Balaban J connectivity index is 1.86. The minimum Gasteiger partial charge on any atom is -0.481 e. The molecule has 0 aliphatic heterocycles. The van der Waals surface area contributed by atoms with Crippen molar-refractivity contribution in [3.8, 4) is 5.88 Å². The summed E-state index contributed by atoms with van der Waals surface area (Å²) < 4.78 is 7.36. The summed E-state index contributed by atoms with van der Waals surface area (Å²) >= 11 is 0. The summed E-state index contributed by atoms with van der Waals surface area (Å²) in [6.07, 6.45) is 5.26. The van der Waals surface area contributed by atoms with Gasteiger partial charge in [-0.2, -0.15) is 4.98 Å². The van der Waals surface area contributed by atoms with E-state index in [2.05, 4.69) is 14.5 Å². The average molecular weight is 258 g/mol. The third-order valence-corrected chi connectivity index (χ3v) is 4.78. The molecule has 3 atom stereocenters. The Hall–Kier alpha value is -1.78. The molecule has 0 amide bonds. The number of nitrogens with zero attached hydrogens (tertiary/aromatic N) is 3. The predicted octanol–water partition coefficient (Wildman–Crippen LogP) is 2.38. The van der Waals surface area contributed by atoms with Crippen molar-refractivity contribution in [1.82, 2.24) is 14.5 Å². The molecular formula is C14H18N4O. The van der Waals surface area contributed by atoms with Crippen LogP contribution in [0.25, 0.3) is 11.2 Å². The van der Waals surface area contributed by atoms with Crippen molar-refractivity contribution in [2.45, 2.75) is 31.7 Å². The first kappa shape index (κ1) is 11.1. The van der Waals surface area contributed by atoms with Gasteiger partial charge < -0.3 is 10.5 Å². The van der Waals surface area contributed by atoms with E-state index < -0.39 is 0 Å². The molecule has 2 aromatic rings. The van der Waals surface area contributed by atoms with E-state index in [1.54, 1.807) is 7.11 Å². The van der Waals surface area contributed by atoms with Crippen LogP contribution in [0.5, 0.6) is 5.88 Å². The highest BCUT2D eigenvalue weighted by molar-refractivity contribution is 5.75. The molecule has 2 aliphatic rings. The maximum Gasteiger partial charge on any atom is 0.215 e. The van der Waals surface area contributed by atoms with Crippen molar-refractivity contribution in [3.05, 3.63) is 12.1 Å². The van der Waals surface area contributed by atoms with Gasteiger partial charge in [0.1, 0.15) is 5.52 Å². The fourth-order valence-electron chi connectivity index (χ4n) is 3.94. The summed E-state index contributed by atoms with van der Waals surface area (Å²) in [6.45, 7) is 0. The number of aromatic nitrogens is 3. The summed E-state index contributed by atoms with van der Waals surface area (Å²) in [5.74, 6) is 2.83. The van der Waals surface area contributed by atoms with E-state index >= 15 is 0 Å². The van der Waals surface area contributed by atoms with Crippen LogP contribution in [0, 0.1) is 11.8 Å². The van der Waals surface area contributed by atoms with Crippen LogP contribution >= 0.6 is 0 Å². The van der Waals surface area contributed by atoms with Crippen LogP contribution in [0.4, 0.5) is 5.95 Å². The van der Waals surface area contributed by atoms with Gasteiger partial charge in [-0.3, -0.25) is 4.57 Å². The van der Waals surface area contributed by atoms with E-state index in [0.717, 1.165) is 23.0 Å². The molecule has 2 aromatic heterocycles. The van der Waals surface area contributed by atoms with Gasteiger partial charge in [0.05, 0.1) is 7.11 Å². The largest absolute Gasteiger partial charge is 0.481 e. The third-order valence-electron chi connectivity index (χ3n) is 4.78. The zero-order valence-electron chi connectivity index (χ0n) is 11.0. The van der Waals surface area contributed by atoms with Crippen LogP contribution in [0.1, 0.15) is 31.7 Å². The Kier molecular flexibility index (Phi) is 2.25. The van der Waals surface area contributed by atoms with Gasteiger partial charge in [0.15, 0.2) is 5.65 Å². The second kappa shape index (κ2) is 3.85. The fourth-order valence-corrected chi connectivity index (χ4v) is 3.94. The van der Waals surface area contributed by atoms with Crippen LogP contribution in [-0.2, 0) is 0 Å². The van der Waals surface area contributed by atoms with Gasteiger partial charge in [0.2, 0.25) is 11.8 Å². The van der Waals surface area contributed by atoms with E-state index in [0.29, 0.717) is 17.9 Å². The molecule has 100 valence electrons. The van der Waals surface area contributed by atoms with Crippen LogP contribution in [0.3, 0.4) is 0 Å². The average Bonchev–Trinajstić information content (AvgIpc) is 3.09. The molecular weight excluding hydrogens is 240 g/mol. The molecule has 19 heavy (non-hydrogen) atoms. The van der Waals surface area contributed by atoms with Crippen molar-refractivity contribution >= 4 is 17.1 Å². The van der Waals surface area contributed by atoms with Gasteiger partial charge >= 0.3 is 0 Å². The van der Waals surface area contributed by atoms with Crippen molar-refractivity contribution in [3.63, 3.8) is 0 Å². The minimum atomic E-state index is 0.475. The molecule has 3 unspecified atom stereocenters. The molecule has 4 rings (SSSR count). The molecule has 2 N–H and O–H groups in total. The monoisotopic (exact) mass is 258 g/mol. The topological polar surface area (TPSA) is 66.0 Å². The molecule has 0 radical (unpaired) electrons. The Morgan fingerprint density at radius 3 is 2.84 bits per heavy atom. The van der Waals surface area contributed by atoms with Gasteiger partial charge in [-0.15, -0.1) is 0 Å². The number of rotatable bonds is 2. The standard InChI is InChI=1S/C14H18N4O/c1-19-12-5-4-10-13(17-12)18(14(15)16-10)11-7-8-2-3-9(11)6-8/h4-5,8-9,11H,2-3,6-7H2,1H3,(H2,15,16). The normalized spacial score (nSPS) is 29.2. The first-order chi connectivity index (χ1) is 9.26. The molecule has 2 bridgehead atoms. The maximum absolute atomic E-state index is 6.13. The molecule has 2 aliphatic carbocycles. The number of fused-ring (bicyclic) bond motifs is 3. The van der Waals surface area contributed by atoms with Crippen LogP contribution < -0.4 is 10.5 Å². The number of methoxy groups -OCH3 is 1. The van der Waals surface area contributed by atoms with Gasteiger partial charge in [-0.25, -0.2) is 4.98 Å². The van der Waals surface area contributed by atoms with E-state index in [1.807, 2.05) is 12.1 Å². The first-order valence-corrected chi connectivity index (χ1v) is 6.94. The van der Waals surface area contributed by atoms with E-state index in [9.17, 15) is 0 Å². The number of hydrogen-bond donors (Lipinski definition) is 1. The predicted molar refractivity (Wildman–Crippen MR) is 73.0 cm³/mol. The summed E-state index contributed by atoms with van der Waals surface area (Å²) in [6, 6.07) is 4.24. The van der Waals surface area contributed by atoms with Crippen LogP contribution in [-0.4, -0.2) is 21.6 Å². The van der Waals surface area contributed by atoms with E-state index in [4.69, 9.17) is 10.5 Å². The van der Waals surface area contributed by atoms with Gasteiger partial charge in [-0.05, 0) is 37.2 Å². The molecule has 0 aromatic carbocycles. The lowest BCUT2D eigenvalue weighted by atomic mass is 9.95. The Morgan fingerprint density at radius 1 is 1.26 bits per heavy atom. The highest BCUT2D eigenvalue weighted by atomic mass is 16.5. The van der Waals surface area contributed by atoms with Crippen LogP contribution in [0.15, 0.2) is 12.1 Å². The molecule has 5 heteroatoms. The number of anilines is 1. The number of imidazole rings is 1. The molecule has 2 fully saturated rings. The lowest BCUT2D eigenvalue weighted by Crippen LogP contribution is -2.18. The summed E-state index contributed by atoms with van der Waals surface area (Å²) in [4.78, 5) is 8.98. The molecule has 0 saturated heterocycles. The first-order valence-electron chi connectivity index (χ1n) is 6.94. The van der Waals surface area contributed by atoms with Gasteiger partial charge in [0, 0.05) is 12.1 Å². The quantitative estimate of drug-likeness (QED) is 0.898. The molecule has 0 spiro atoms. The molecule has 5 nitrogen and oxygen atoms in total. The number of nitrogen functional groups attached to an aromatic ring is 1. The van der Waals surface area contributed by atoms with Gasteiger partial charge in [-0.1, -0.05) is 6.42 Å². The van der Waals surface area contributed by atoms with E-state index in [-0.39, 0.29) is 0 Å². The summed E-state index contributed by atoms with van der Waals surface area (Å²) in [7, 11) is 1.63. The Bertz CT molecular complexity index is 636. The zero-order valence-corrected chi connectivity index (χ0v) is 11.0. The minimum absolute atomic E-state index is 0.475. The molecule has 2 saturated carbocycles. The van der Waals surface area contributed by atoms with Crippen molar-refractivity contribution in [2.75, 3.05) is 12.8 Å². The zero-order chi connectivity index (χ0) is 13.0. The number of nitrogens with two attached hydrogens (primary N) is 1. The second-order valence-electron chi connectivity index (χ2n) is 5.78. The number of pyridine rings is 1. The Labute approximate surface area is 111 Å². The highest BCUT2D eigenvalue weighted by Gasteiger charge is 2.41. The third kappa shape index (κ3) is 1.54. The van der Waals surface area contributed by atoms with Crippen molar-refractivity contribution < 1.29 is 4.74 Å². The highest BCUT2D eigenvalue weighted by Crippen LogP contribution is 2.51. The maximum atomic E-state index is 6.13. The second-order valence-corrected chi connectivity index (χ2v) is 5.78.